The maximum absolute atomic E-state index is 12.3. The van der Waals surface area contributed by atoms with Gasteiger partial charge >= 0.3 is 0 Å². The number of hydrogen-bond acceptors (Lipinski definition) is 5. The number of nitrogens with zero attached hydrogens (tertiary/aromatic N) is 5. The van der Waals surface area contributed by atoms with Gasteiger partial charge in [-0.1, -0.05) is 29.3 Å². The molecule has 0 amide bonds. The molecule has 0 radical (unpaired) electrons. The number of hydrogen-bond donors (Lipinski definition) is 1. The monoisotopic (exact) mass is 282 g/mol. The van der Waals surface area contributed by atoms with Gasteiger partial charge in [-0.15, -0.1) is 5.10 Å². The minimum atomic E-state index is -0.436. The average molecular weight is 283 g/mol. The largest absolute Gasteiger partial charge is 0.271 e. The van der Waals surface area contributed by atoms with E-state index >= 15 is 0 Å². The Morgan fingerprint density at radius 2 is 2.11 bits per heavy atom. The maximum atomic E-state index is 12.3. The molecule has 0 atom stereocenters. The van der Waals surface area contributed by atoms with Crippen LogP contribution in [0.4, 0.5) is 0 Å². The highest BCUT2D eigenvalue weighted by Crippen LogP contribution is 2.20. The summed E-state index contributed by atoms with van der Waals surface area (Å²) in [6.45, 7) is 0. The zero-order chi connectivity index (χ0) is 12.7. The molecule has 0 aromatic carbocycles. The second kappa shape index (κ2) is 4.04. The van der Waals surface area contributed by atoms with Crippen LogP contribution in [0.2, 0.25) is 10.3 Å². The first-order valence-electron chi connectivity index (χ1n) is 4.79. The average Bonchev–Trinajstić information content (AvgIpc) is 2.82. The molecule has 0 aliphatic heterocycles. The molecule has 0 aliphatic rings. The summed E-state index contributed by atoms with van der Waals surface area (Å²) >= 11 is 11.9. The molecule has 0 spiro atoms. The molecule has 0 saturated heterocycles. The molecule has 1 N–H and O–H groups in total. The van der Waals surface area contributed by atoms with Gasteiger partial charge in [0.15, 0.2) is 5.82 Å². The molecule has 18 heavy (non-hydrogen) atoms. The van der Waals surface area contributed by atoms with E-state index < -0.39 is 5.56 Å². The van der Waals surface area contributed by atoms with Gasteiger partial charge in [0.1, 0.15) is 21.5 Å². The highest BCUT2D eigenvalue weighted by molar-refractivity contribution is 6.32. The topological polar surface area (TPSA) is 88.8 Å². The third-order valence-corrected chi connectivity index (χ3v) is 2.91. The van der Waals surface area contributed by atoms with Gasteiger partial charge in [0.2, 0.25) is 0 Å². The standard InChI is InChI=1S/C9H4Cl2N6O/c10-4-2-1-3-5-12-7(11)6(9(18)17(4)5)8-13-15-16-14-8/h1-3H,(H,13,14,15,16). The minimum absolute atomic E-state index is 0.0146. The molecule has 0 aliphatic carbocycles. The fraction of sp³-hybridized carbons (Fsp3) is 0. The van der Waals surface area contributed by atoms with Gasteiger partial charge in [-0.3, -0.25) is 4.79 Å². The number of rotatable bonds is 1. The van der Waals surface area contributed by atoms with E-state index in [4.69, 9.17) is 23.2 Å². The van der Waals surface area contributed by atoms with Crippen molar-refractivity contribution >= 4 is 28.8 Å². The summed E-state index contributed by atoms with van der Waals surface area (Å²) in [6, 6.07) is 4.88. The Labute approximate surface area is 109 Å². The second-order valence-electron chi connectivity index (χ2n) is 3.37. The number of H-pyrrole nitrogens is 1. The third-order valence-electron chi connectivity index (χ3n) is 2.34. The lowest BCUT2D eigenvalue weighted by molar-refractivity contribution is 0.881. The SMILES string of the molecule is O=c1c(-c2nnn[nH]2)c(Cl)nc2cccc(Cl)n12. The molecular weight excluding hydrogens is 279 g/mol. The van der Waals surface area contributed by atoms with Gasteiger partial charge in [0.25, 0.3) is 5.56 Å². The molecule has 0 saturated carbocycles. The van der Waals surface area contributed by atoms with E-state index in [1.165, 1.54) is 4.40 Å². The van der Waals surface area contributed by atoms with Crippen LogP contribution in [-0.4, -0.2) is 30.0 Å². The molecule has 90 valence electrons. The first kappa shape index (κ1) is 11.1. The van der Waals surface area contributed by atoms with Crippen LogP contribution in [0.15, 0.2) is 23.0 Å². The van der Waals surface area contributed by atoms with Gasteiger partial charge in [-0.25, -0.2) is 14.5 Å². The maximum Gasteiger partial charge on any atom is 0.271 e. The van der Waals surface area contributed by atoms with Crippen LogP contribution < -0.4 is 5.56 Å². The molecule has 0 unspecified atom stereocenters. The molecule has 7 nitrogen and oxygen atoms in total. The van der Waals surface area contributed by atoms with Crippen LogP contribution in [-0.2, 0) is 0 Å². The Kier molecular flexibility index (Phi) is 2.49. The normalized spacial score (nSPS) is 11.0. The molecule has 3 heterocycles. The van der Waals surface area contributed by atoms with E-state index in [9.17, 15) is 4.79 Å². The summed E-state index contributed by atoms with van der Waals surface area (Å²) in [5.74, 6) is 0.145. The first-order chi connectivity index (χ1) is 8.68. The Morgan fingerprint density at radius 3 is 2.83 bits per heavy atom. The van der Waals surface area contributed by atoms with Crippen LogP contribution in [0, 0.1) is 0 Å². The van der Waals surface area contributed by atoms with Crippen LogP contribution in [0.1, 0.15) is 0 Å². The van der Waals surface area contributed by atoms with Crippen molar-refractivity contribution in [2.24, 2.45) is 0 Å². The Morgan fingerprint density at radius 1 is 1.28 bits per heavy atom. The van der Waals surface area contributed by atoms with Crippen LogP contribution >= 0.6 is 23.2 Å². The van der Waals surface area contributed by atoms with E-state index in [1.807, 2.05) is 0 Å². The molecule has 9 heteroatoms. The zero-order valence-corrected chi connectivity index (χ0v) is 10.1. The third kappa shape index (κ3) is 1.56. The van der Waals surface area contributed by atoms with E-state index in [-0.39, 0.29) is 21.7 Å². The first-order valence-corrected chi connectivity index (χ1v) is 5.55. The summed E-state index contributed by atoms with van der Waals surface area (Å²) in [5, 5.41) is 13.1. The minimum Gasteiger partial charge on any atom is -0.268 e. The Bertz CT molecular complexity index is 782. The number of nitrogens with one attached hydrogen (secondary N) is 1. The lowest BCUT2D eigenvalue weighted by Crippen LogP contribution is -2.19. The van der Waals surface area contributed by atoms with E-state index in [1.54, 1.807) is 18.2 Å². The number of pyridine rings is 1. The molecule has 0 bridgehead atoms. The van der Waals surface area contributed by atoms with Crippen molar-refractivity contribution in [2.75, 3.05) is 0 Å². The Balaban J connectivity index is 2.48. The number of fused-ring (bicyclic) bond motifs is 1. The number of tetrazole rings is 1. The summed E-state index contributed by atoms with van der Waals surface area (Å²) < 4.78 is 1.23. The Hall–Kier alpha value is -1.99. The van der Waals surface area contributed by atoms with Crippen LogP contribution in [0.3, 0.4) is 0 Å². The van der Waals surface area contributed by atoms with E-state index in [0.717, 1.165) is 0 Å². The van der Waals surface area contributed by atoms with Crippen molar-refractivity contribution in [3.8, 4) is 11.4 Å². The fourth-order valence-corrected chi connectivity index (χ4v) is 2.07. The molecule has 3 aromatic rings. The summed E-state index contributed by atoms with van der Waals surface area (Å²) in [6.07, 6.45) is 0. The number of aromatic nitrogens is 6. The smallest absolute Gasteiger partial charge is 0.268 e. The quantitative estimate of drug-likeness (QED) is 0.535. The second-order valence-corrected chi connectivity index (χ2v) is 4.12. The van der Waals surface area contributed by atoms with Crippen molar-refractivity contribution in [1.29, 1.82) is 0 Å². The van der Waals surface area contributed by atoms with Crippen LogP contribution in [0.5, 0.6) is 0 Å². The van der Waals surface area contributed by atoms with Crippen molar-refractivity contribution < 1.29 is 0 Å². The van der Waals surface area contributed by atoms with E-state index in [0.29, 0.717) is 5.65 Å². The molecule has 3 rings (SSSR count). The van der Waals surface area contributed by atoms with Crippen molar-refractivity contribution in [3.05, 3.63) is 38.9 Å². The van der Waals surface area contributed by atoms with Crippen LogP contribution in [0.25, 0.3) is 17.0 Å². The molecule has 0 fully saturated rings. The van der Waals surface area contributed by atoms with Crippen molar-refractivity contribution in [3.63, 3.8) is 0 Å². The highest BCUT2D eigenvalue weighted by Gasteiger charge is 2.17. The highest BCUT2D eigenvalue weighted by atomic mass is 35.5. The summed E-state index contributed by atoms with van der Waals surface area (Å²) in [4.78, 5) is 16.4. The fourth-order valence-electron chi connectivity index (χ4n) is 1.58. The predicted molar refractivity (Wildman–Crippen MR) is 64.7 cm³/mol. The van der Waals surface area contributed by atoms with Gasteiger partial charge < -0.3 is 0 Å². The van der Waals surface area contributed by atoms with Gasteiger partial charge in [-0.05, 0) is 22.6 Å². The van der Waals surface area contributed by atoms with Gasteiger partial charge in [0, 0.05) is 0 Å². The van der Waals surface area contributed by atoms with E-state index in [2.05, 4.69) is 25.6 Å². The predicted octanol–water partition coefficient (Wildman–Crippen LogP) is 1.18. The zero-order valence-electron chi connectivity index (χ0n) is 8.63. The lowest BCUT2D eigenvalue weighted by atomic mass is 10.3. The lowest BCUT2D eigenvalue weighted by Gasteiger charge is -2.05. The van der Waals surface area contributed by atoms with Gasteiger partial charge in [0.05, 0.1) is 0 Å². The number of halogens is 2. The summed E-state index contributed by atoms with van der Waals surface area (Å²) in [5.41, 5.74) is -0.00450. The van der Waals surface area contributed by atoms with Crippen molar-refractivity contribution in [2.45, 2.75) is 0 Å². The molecular formula is C9H4Cl2N6O. The number of aromatic amines is 1. The van der Waals surface area contributed by atoms with Gasteiger partial charge in [-0.2, -0.15) is 0 Å². The summed E-state index contributed by atoms with van der Waals surface area (Å²) in [7, 11) is 0. The van der Waals surface area contributed by atoms with Crippen molar-refractivity contribution in [1.82, 2.24) is 30.0 Å². The molecule has 3 aromatic heterocycles.